The van der Waals surface area contributed by atoms with Crippen LogP contribution in [-0.4, -0.2) is 55.4 Å². The molecule has 158 valence electrons. The van der Waals surface area contributed by atoms with Crippen molar-refractivity contribution in [1.29, 1.82) is 0 Å². The number of hydrogen-bond donors (Lipinski definition) is 2. The summed E-state index contributed by atoms with van der Waals surface area (Å²) in [6.07, 6.45) is -3.31. The van der Waals surface area contributed by atoms with E-state index in [9.17, 15) is 13.2 Å². The fraction of sp³-hybridized carbons (Fsp3) is 0.650. The number of likely N-dealkylation sites (tertiary alicyclic amines) is 1. The van der Waals surface area contributed by atoms with E-state index in [0.29, 0.717) is 45.2 Å². The summed E-state index contributed by atoms with van der Waals surface area (Å²) >= 11 is 0. The Hall–Kier alpha value is -1.80. The van der Waals surface area contributed by atoms with E-state index >= 15 is 0 Å². The molecule has 28 heavy (non-hydrogen) atoms. The van der Waals surface area contributed by atoms with E-state index in [-0.39, 0.29) is 12.1 Å². The molecule has 2 rings (SSSR count). The Balaban J connectivity index is 1.91. The molecule has 0 saturated carbocycles. The van der Waals surface area contributed by atoms with Gasteiger partial charge in [0, 0.05) is 25.7 Å². The molecule has 1 saturated heterocycles. The van der Waals surface area contributed by atoms with Crippen molar-refractivity contribution in [2.75, 3.05) is 26.2 Å². The minimum absolute atomic E-state index is 0.0362. The molecule has 1 fully saturated rings. The summed E-state index contributed by atoms with van der Waals surface area (Å²) in [5.74, 6) is 0.630. The maximum Gasteiger partial charge on any atom is 0.401 e. The second-order valence-corrected chi connectivity index (χ2v) is 7.36. The minimum Gasteiger partial charge on any atom is -0.374 e. The zero-order valence-corrected chi connectivity index (χ0v) is 16.9. The van der Waals surface area contributed by atoms with Crippen LogP contribution in [0, 0.1) is 0 Å². The molecule has 1 aliphatic rings. The molecule has 1 unspecified atom stereocenters. The number of rotatable bonds is 8. The van der Waals surface area contributed by atoms with Gasteiger partial charge in [0.25, 0.3) is 0 Å². The third-order valence-corrected chi connectivity index (χ3v) is 4.35. The number of ether oxygens (including phenoxy) is 1. The zero-order valence-electron chi connectivity index (χ0n) is 16.9. The van der Waals surface area contributed by atoms with Gasteiger partial charge in [0.15, 0.2) is 5.96 Å². The summed E-state index contributed by atoms with van der Waals surface area (Å²) in [6, 6.07) is 8.04. The lowest BCUT2D eigenvalue weighted by Crippen LogP contribution is -2.45. The molecule has 1 atom stereocenters. The summed E-state index contributed by atoms with van der Waals surface area (Å²) < 4.78 is 43.3. The van der Waals surface area contributed by atoms with Gasteiger partial charge in [0.05, 0.1) is 25.8 Å². The average molecular weight is 400 g/mol. The van der Waals surface area contributed by atoms with Gasteiger partial charge < -0.3 is 15.4 Å². The van der Waals surface area contributed by atoms with Crippen LogP contribution in [0.4, 0.5) is 13.2 Å². The molecule has 1 aliphatic heterocycles. The predicted octanol–water partition coefficient (Wildman–Crippen LogP) is 3.30. The molecular weight excluding hydrogens is 369 g/mol. The van der Waals surface area contributed by atoms with Crippen molar-refractivity contribution >= 4 is 5.96 Å². The Bertz CT molecular complexity index is 634. The lowest BCUT2D eigenvalue weighted by Gasteiger charge is -2.19. The summed E-state index contributed by atoms with van der Waals surface area (Å²) in [5, 5.41) is 6.43. The van der Waals surface area contributed by atoms with Crippen molar-refractivity contribution in [2.24, 2.45) is 4.99 Å². The first-order valence-electron chi connectivity index (χ1n) is 9.78. The standard InChI is InChI=1S/C20H31F3N4O/c1-4-24-19(26-18-8-9-27(12-18)14-20(21,22)23)25-11-16-6-5-7-17(10-16)13-28-15(2)3/h5-7,10,15,18H,4,8-9,11-14H2,1-3H3,(H2,24,25,26). The highest BCUT2D eigenvalue weighted by Crippen LogP contribution is 2.20. The summed E-state index contributed by atoms with van der Waals surface area (Å²) in [6.45, 7) is 7.65. The van der Waals surface area contributed by atoms with Gasteiger partial charge in [-0.25, -0.2) is 4.99 Å². The van der Waals surface area contributed by atoms with E-state index in [2.05, 4.69) is 21.7 Å². The minimum atomic E-state index is -4.15. The number of guanidine groups is 1. The highest BCUT2D eigenvalue weighted by Gasteiger charge is 2.34. The van der Waals surface area contributed by atoms with Crippen LogP contribution in [0.1, 0.15) is 38.3 Å². The molecule has 5 nitrogen and oxygen atoms in total. The fourth-order valence-electron chi connectivity index (χ4n) is 3.11. The lowest BCUT2D eigenvalue weighted by molar-refractivity contribution is -0.143. The number of alkyl halides is 3. The van der Waals surface area contributed by atoms with Crippen molar-refractivity contribution < 1.29 is 17.9 Å². The predicted molar refractivity (Wildman–Crippen MR) is 105 cm³/mol. The van der Waals surface area contributed by atoms with Gasteiger partial charge in [-0.05, 0) is 38.3 Å². The van der Waals surface area contributed by atoms with Crippen LogP contribution in [0.25, 0.3) is 0 Å². The number of nitrogens with one attached hydrogen (secondary N) is 2. The largest absolute Gasteiger partial charge is 0.401 e. The monoisotopic (exact) mass is 400 g/mol. The van der Waals surface area contributed by atoms with Gasteiger partial charge >= 0.3 is 6.18 Å². The second kappa shape index (κ2) is 10.7. The Labute approximate surface area is 165 Å². The highest BCUT2D eigenvalue weighted by molar-refractivity contribution is 5.80. The molecule has 0 amide bonds. The van der Waals surface area contributed by atoms with Crippen molar-refractivity contribution in [3.63, 3.8) is 0 Å². The topological polar surface area (TPSA) is 48.9 Å². The van der Waals surface area contributed by atoms with E-state index in [1.807, 2.05) is 39.0 Å². The molecular formula is C20H31F3N4O. The van der Waals surface area contributed by atoms with Gasteiger partial charge in [-0.15, -0.1) is 0 Å². The highest BCUT2D eigenvalue weighted by atomic mass is 19.4. The molecule has 0 aromatic heterocycles. The maximum absolute atomic E-state index is 12.6. The third kappa shape index (κ3) is 8.48. The van der Waals surface area contributed by atoms with Gasteiger partial charge in [-0.3, -0.25) is 4.90 Å². The average Bonchev–Trinajstić information content (AvgIpc) is 3.03. The van der Waals surface area contributed by atoms with Crippen molar-refractivity contribution in [2.45, 2.75) is 58.7 Å². The Morgan fingerprint density at radius 2 is 2.07 bits per heavy atom. The second-order valence-electron chi connectivity index (χ2n) is 7.36. The number of hydrogen-bond acceptors (Lipinski definition) is 3. The Morgan fingerprint density at radius 3 is 2.75 bits per heavy atom. The molecule has 0 radical (unpaired) electrons. The maximum atomic E-state index is 12.6. The lowest BCUT2D eigenvalue weighted by atomic mass is 10.1. The van der Waals surface area contributed by atoms with Crippen LogP contribution in [0.5, 0.6) is 0 Å². The van der Waals surface area contributed by atoms with Crippen LogP contribution in [-0.2, 0) is 17.9 Å². The van der Waals surface area contributed by atoms with Gasteiger partial charge in [-0.2, -0.15) is 13.2 Å². The Kier molecular flexibility index (Phi) is 8.57. The Morgan fingerprint density at radius 1 is 1.32 bits per heavy atom. The van der Waals surface area contributed by atoms with Crippen LogP contribution < -0.4 is 10.6 Å². The molecule has 1 heterocycles. The quantitative estimate of drug-likeness (QED) is 0.519. The van der Waals surface area contributed by atoms with Crippen LogP contribution >= 0.6 is 0 Å². The SMILES string of the molecule is CCNC(=NCc1cccc(COC(C)C)c1)NC1CCN(CC(F)(F)F)C1. The molecule has 1 aromatic rings. The smallest absolute Gasteiger partial charge is 0.374 e. The first kappa shape index (κ1) is 22.5. The zero-order chi connectivity index (χ0) is 20.6. The van der Waals surface area contributed by atoms with E-state index in [1.165, 1.54) is 4.90 Å². The van der Waals surface area contributed by atoms with Crippen molar-refractivity contribution in [1.82, 2.24) is 15.5 Å². The van der Waals surface area contributed by atoms with Crippen molar-refractivity contribution in [3.05, 3.63) is 35.4 Å². The van der Waals surface area contributed by atoms with Crippen LogP contribution in [0.2, 0.25) is 0 Å². The first-order valence-corrected chi connectivity index (χ1v) is 9.78. The van der Waals surface area contributed by atoms with E-state index in [1.54, 1.807) is 0 Å². The number of aliphatic imine (C=N–C) groups is 1. The van der Waals surface area contributed by atoms with Crippen LogP contribution in [0.3, 0.4) is 0 Å². The number of nitrogens with zero attached hydrogens (tertiary/aromatic N) is 2. The molecule has 0 spiro atoms. The third-order valence-electron chi connectivity index (χ3n) is 4.35. The summed E-state index contributed by atoms with van der Waals surface area (Å²) in [4.78, 5) is 6.03. The van der Waals surface area contributed by atoms with Gasteiger partial charge in [0.2, 0.25) is 0 Å². The summed E-state index contributed by atoms with van der Waals surface area (Å²) in [7, 11) is 0. The van der Waals surface area contributed by atoms with E-state index in [4.69, 9.17) is 4.74 Å². The normalized spacial score (nSPS) is 18.7. The van der Waals surface area contributed by atoms with Crippen molar-refractivity contribution in [3.8, 4) is 0 Å². The van der Waals surface area contributed by atoms with Gasteiger partial charge in [-0.1, -0.05) is 24.3 Å². The molecule has 0 aliphatic carbocycles. The van der Waals surface area contributed by atoms with Gasteiger partial charge in [0.1, 0.15) is 0 Å². The van der Waals surface area contributed by atoms with Crippen LogP contribution in [0.15, 0.2) is 29.3 Å². The molecule has 1 aromatic carbocycles. The van der Waals surface area contributed by atoms with E-state index < -0.39 is 12.7 Å². The first-order chi connectivity index (χ1) is 13.2. The number of halogens is 3. The molecule has 8 heteroatoms. The number of benzene rings is 1. The summed E-state index contributed by atoms with van der Waals surface area (Å²) in [5.41, 5.74) is 2.16. The molecule has 2 N–H and O–H groups in total. The molecule has 0 bridgehead atoms. The van der Waals surface area contributed by atoms with E-state index in [0.717, 1.165) is 11.1 Å². The fourth-order valence-corrected chi connectivity index (χ4v) is 3.11.